The molecular formula is C25H53ClO2Si. The minimum Gasteiger partial charge on any atom is -0.400 e. The molecule has 0 aliphatic carbocycles. The highest BCUT2D eigenvalue weighted by Gasteiger charge is 2.28. The molecule has 2 unspecified atom stereocenters. The van der Waals surface area contributed by atoms with Crippen LogP contribution < -0.4 is 0 Å². The first-order chi connectivity index (χ1) is 14.0. The highest BCUT2D eigenvalue weighted by molar-refractivity contribution is 6.44. The SMILES string of the molecule is CCCCCCCCCCCCCCCCC(C)C(C)(Cl)CCC[SiH](OC)OC. The zero-order valence-electron chi connectivity index (χ0n) is 20.6. The number of alkyl halides is 1. The number of unbranched alkanes of at least 4 members (excludes halogenated alkanes) is 13. The van der Waals surface area contributed by atoms with Gasteiger partial charge >= 0.3 is 9.28 Å². The van der Waals surface area contributed by atoms with E-state index in [2.05, 4.69) is 20.8 Å². The van der Waals surface area contributed by atoms with Crippen LogP contribution in [0.25, 0.3) is 0 Å². The molecule has 0 rings (SSSR count). The Bertz CT molecular complexity index is 335. The quantitative estimate of drug-likeness (QED) is 0.0934. The molecule has 0 aliphatic heterocycles. The van der Waals surface area contributed by atoms with E-state index in [0.717, 1.165) is 18.9 Å². The van der Waals surface area contributed by atoms with Crippen LogP contribution in [-0.2, 0) is 8.85 Å². The van der Waals surface area contributed by atoms with Crippen LogP contribution in [0.5, 0.6) is 0 Å². The van der Waals surface area contributed by atoms with Crippen molar-refractivity contribution in [1.29, 1.82) is 0 Å². The molecule has 0 aliphatic rings. The van der Waals surface area contributed by atoms with Gasteiger partial charge in [-0.05, 0) is 38.1 Å². The van der Waals surface area contributed by atoms with Gasteiger partial charge in [-0.3, -0.25) is 0 Å². The van der Waals surface area contributed by atoms with Crippen LogP contribution in [0.3, 0.4) is 0 Å². The normalized spacial score (nSPS) is 15.0. The largest absolute Gasteiger partial charge is 0.400 e. The lowest BCUT2D eigenvalue weighted by atomic mass is 9.86. The summed E-state index contributed by atoms with van der Waals surface area (Å²) >= 11 is 6.85. The van der Waals surface area contributed by atoms with Gasteiger partial charge in [-0.15, -0.1) is 11.6 Å². The van der Waals surface area contributed by atoms with Gasteiger partial charge in [0.2, 0.25) is 0 Å². The smallest absolute Gasteiger partial charge is 0.320 e. The molecular weight excluding hydrogens is 396 g/mol. The molecule has 29 heavy (non-hydrogen) atoms. The van der Waals surface area contributed by atoms with Crippen LogP contribution in [0, 0.1) is 5.92 Å². The molecule has 4 heteroatoms. The Morgan fingerprint density at radius 2 is 1.14 bits per heavy atom. The highest BCUT2D eigenvalue weighted by atomic mass is 35.5. The molecule has 0 aromatic rings. The number of rotatable bonds is 22. The molecule has 0 N–H and O–H groups in total. The van der Waals surface area contributed by atoms with Gasteiger partial charge in [0, 0.05) is 19.1 Å². The van der Waals surface area contributed by atoms with Crippen LogP contribution in [0.4, 0.5) is 0 Å². The van der Waals surface area contributed by atoms with Gasteiger partial charge in [-0.2, -0.15) is 0 Å². The second kappa shape index (κ2) is 20.3. The topological polar surface area (TPSA) is 18.5 Å². The van der Waals surface area contributed by atoms with Crippen molar-refractivity contribution < 1.29 is 8.85 Å². The summed E-state index contributed by atoms with van der Waals surface area (Å²) in [6.07, 6.45) is 23.3. The van der Waals surface area contributed by atoms with E-state index in [1.54, 1.807) is 14.2 Å². The fraction of sp³-hybridized carbons (Fsp3) is 1.00. The summed E-state index contributed by atoms with van der Waals surface area (Å²) in [4.78, 5) is -0.0863. The molecule has 0 aromatic heterocycles. The van der Waals surface area contributed by atoms with Gasteiger partial charge < -0.3 is 8.85 Å². The summed E-state index contributed by atoms with van der Waals surface area (Å²) in [7, 11) is 2.10. The summed E-state index contributed by atoms with van der Waals surface area (Å²) in [5.41, 5.74) is 0. The summed E-state index contributed by atoms with van der Waals surface area (Å²) in [6, 6.07) is 1.06. The second-order valence-electron chi connectivity index (χ2n) is 9.36. The lowest BCUT2D eigenvalue weighted by Gasteiger charge is -2.30. The second-order valence-corrected chi connectivity index (χ2v) is 12.6. The third kappa shape index (κ3) is 17.8. The third-order valence-electron chi connectivity index (χ3n) is 6.65. The molecule has 2 atom stereocenters. The van der Waals surface area contributed by atoms with E-state index in [9.17, 15) is 0 Å². The van der Waals surface area contributed by atoms with Crippen LogP contribution in [0.15, 0.2) is 0 Å². The molecule has 0 bridgehead atoms. The average Bonchev–Trinajstić information content (AvgIpc) is 2.71. The summed E-state index contributed by atoms with van der Waals surface area (Å²) in [5, 5.41) is 0. The van der Waals surface area contributed by atoms with Crippen molar-refractivity contribution in [3.05, 3.63) is 0 Å². The summed E-state index contributed by atoms with van der Waals surface area (Å²) in [5.74, 6) is 0.576. The first-order valence-electron chi connectivity index (χ1n) is 12.7. The molecule has 0 radical (unpaired) electrons. The minimum absolute atomic E-state index is 0.0863. The fourth-order valence-corrected chi connectivity index (χ4v) is 5.58. The van der Waals surface area contributed by atoms with Gasteiger partial charge in [-0.1, -0.05) is 104 Å². The maximum absolute atomic E-state index is 6.85. The highest BCUT2D eigenvalue weighted by Crippen LogP contribution is 2.34. The summed E-state index contributed by atoms with van der Waals surface area (Å²) in [6.45, 7) is 6.84. The Labute approximate surface area is 190 Å². The van der Waals surface area contributed by atoms with E-state index >= 15 is 0 Å². The Balaban J connectivity index is 3.50. The third-order valence-corrected chi connectivity index (χ3v) is 9.14. The number of hydrogen-bond donors (Lipinski definition) is 0. The monoisotopic (exact) mass is 448 g/mol. The fourth-order valence-electron chi connectivity index (χ4n) is 4.14. The van der Waals surface area contributed by atoms with E-state index < -0.39 is 9.28 Å². The molecule has 0 saturated heterocycles. The van der Waals surface area contributed by atoms with Gasteiger partial charge in [0.1, 0.15) is 0 Å². The standard InChI is InChI=1S/C25H53ClO2Si/c1-6-7-8-9-10-11-12-13-14-15-16-17-18-19-21-24(2)25(3,26)22-20-23-29(27-4)28-5/h24,29H,6-23H2,1-5H3. The van der Waals surface area contributed by atoms with E-state index in [1.165, 1.54) is 96.3 Å². The Kier molecular flexibility index (Phi) is 20.6. The Morgan fingerprint density at radius 3 is 1.55 bits per heavy atom. The van der Waals surface area contributed by atoms with Crippen molar-refractivity contribution in [1.82, 2.24) is 0 Å². The summed E-state index contributed by atoms with van der Waals surface area (Å²) < 4.78 is 10.8. The number of hydrogen-bond acceptors (Lipinski definition) is 2. The maximum Gasteiger partial charge on any atom is 0.320 e. The van der Waals surface area contributed by atoms with E-state index in [-0.39, 0.29) is 4.87 Å². The Morgan fingerprint density at radius 1 is 0.724 bits per heavy atom. The van der Waals surface area contributed by atoms with Crippen molar-refractivity contribution in [3.63, 3.8) is 0 Å². The molecule has 0 amide bonds. The van der Waals surface area contributed by atoms with Crippen molar-refractivity contribution in [3.8, 4) is 0 Å². The molecule has 0 fully saturated rings. The number of halogens is 1. The zero-order valence-corrected chi connectivity index (χ0v) is 22.5. The van der Waals surface area contributed by atoms with Gasteiger partial charge in [-0.25, -0.2) is 0 Å². The molecule has 176 valence electrons. The van der Waals surface area contributed by atoms with Crippen LogP contribution in [0.2, 0.25) is 6.04 Å². The zero-order chi connectivity index (χ0) is 21.8. The van der Waals surface area contributed by atoms with E-state index in [4.69, 9.17) is 20.5 Å². The van der Waals surface area contributed by atoms with Crippen molar-refractivity contribution >= 4 is 20.9 Å². The Hall–Kier alpha value is 0.427. The lowest BCUT2D eigenvalue weighted by Crippen LogP contribution is -2.27. The predicted molar refractivity (Wildman–Crippen MR) is 134 cm³/mol. The van der Waals surface area contributed by atoms with Crippen molar-refractivity contribution in [2.75, 3.05) is 14.2 Å². The first kappa shape index (κ1) is 29.4. The van der Waals surface area contributed by atoms with E-state index in [0.29, 0.717) is 5.92 Å². The average molecular weight is 449 g/mol. The molecule has 0 saturated carbocycles. The lowest BCUT2D eigenvalue weighted by molar-refractivity contribution is 0.273. The van der Waals surface area contributed by atoms with Crippen LogP contribution >= 0.6 is 11.6 Å². The van der Waals surface area contributed by atoms with Gasteiger partial charge in [0.25, 0.3) is 0 Å². The van der Waals surface area contributed by atoms with Crippen molar-refractivity contribution in [2.24, 2.45) is 5.92 Å². The molecule has 0 aromatic carbocycles. The van der Waals surface area contributed by atoms with Gasteiger partial charge in [0.15, 0.2) is 0 Å². The molecule has 0 heterocycles. The van der Waals surface area contributed by atoms with Crippen LogP contribution in [-0.4, -0.2) is 28.4 Å². The molecule has 0 spiro atoms. The first-order valence-corrected chi connectivity index (χ1v) is 14.9. The molecule has 2 nitrogen and oxygen atoms in total. The van der Waals surface area contributed by atoms with Gasteiger partial charge in [0.05, 0.1) is 0 Å². The minimum atomic E-state index is -1.43. The van der Waals surface area contributed by atoms with Crippen LogP contribution in [0.1, 0.15) is 130 Å². The van der Waals surface area contributed by atoms with E-state index in [1.807, 2.05) is 0 Å². The maximum atomic E-state index is 6.85. The van der Waals surface area contributed by atoms with Crippen molar-refractivity contribution in [2.45, 2.75) is 141 Å². The predicted octanol–water partition coefficient (Wildman–Crippen LogP) is 8.78.